The lowest BCUT2D eigenvalue weighted by Crippen LogP contribution is -2.17. The van der Waals surface area contributed by atoms with Crippen LogP contribution >= 0.6 is 15.9 Å². The van der Waals surface area contributed by atoms with Gasteiger partial charge in [-0.2, -0.15) is 5.10 Å². The van der Waals surface area contributed by atoms with Crippen molar-refractivity contribution in [3.05, 3.63) is 51.3 Å². The van der Waals surface area contributed by atoms with Gasteiger partial charge in [0.15, 0.2) is 0 Å². The minimum Gasteiger partial charge on any atom is -0.392 e. The molecule has 20 heavy (non-hydrogen) atoms. The SMILES string of the molecule is CCn1nc(C)c(Br)c1CC(O)Cc1ccc(C)cc1. The molecule has 1 aromatic carbocycles. The zero-order chi connectivity index (χ0) is 14.7. The van der Waals surface area contributed by atoms with Gasteiger partial charge in [-0.25, -0.2) is 0 Å². The third-order valence-corrected chi connectivity index (χ3v) is 4.51. The predicted octanol–water partition coefficient (Wildman–Crippen LogP) is 3.43. The van der Waals surface area contributed by atoms with E-state index in [4.69, 9.17) is 0 Å². The Balaban J connectivity index is 2.08. The molecule has 0 amide bonds. The second-order valence-corrected chi connectivity index (χ2v) is 6.00. The molecule has 0 spiro atoms. The molecule has 0 radical (unpaired) electrons. The van der Waals surface area contributed by atoms with Gasteiger partial charge in [-0.05, 0) is 48.7 Å². The van der Waals surface area contributed by atoms with Crippen LogP contribution in [0.25, 0.3) is 0 Å². The molecule has 3 nitrogen and oxygen atoms in total. The van der Waals surface area contributed by atoms with Crippen molar-refractivity contribution in [2.24, 2.45) is 0 Å². The molecule has 0 fully saturated rings. The Kier molecular flexibility index (Phi) is 5.00. The number of hydrogen-bond donors (Lipinski definition) is 1. The Morgan fingerprint density at radius 1 is 1.20 bits per heavy atom. The smallest absolute Gasteiger partial charge is 0.0738 e. The van der Waals surface area contributed by atoms with E-state index in [0.717, 1.165) is 22.4 Å². The lowest BCUT2D eigenvalue weighted by atomic mass is 10.0. The summed E-state index contributed by atoms with van der Waals surface area (Å²) in [7, 11) is 0. The Hall–Kier alpha value is -1.13. The summed E-state index contributed by atoms with van der Waals surface area (Å²) in [6.45, 7) is 6.93. The molecule has 108 valence electrons. The monoisotopic (exact) mass is 336 g/mol. The van der Waals surface area contributed by atoms with Crippen LogP contribution in [0.3, 0.4) is 0 Å². The third kappa shape index (κ3) is 3.49. The maximum absolute atomic E-state index is 10.3. The Morgan fingerprint density at radius 3 is 2.45 bits per heavy atom. The topological polar surface area (TPSA) is 38.0 Å². The summed E-state index contributed by atoms with van der Waals surface area (Å²) in [6.07, 6.45) is 0.888. The highest BCUT2D eigenvalue weighted by atomic mass is 79.9. The van der Waals surface area contributed by atoms with Gasteiger partial charge < -0.3 is 5.11 Å². The van der Waals surface area contributed by atoms with E-state index >= 15 is 0 Å². The highest BCUT2D eigenvalue weighted by Crippen LogP contribution is 2.23. The molecule has 0 aliphatic carbocycles. The number of aliphatic hydroxyl groups is 1. The third-order valence-electron chi connectivity index (χ3n) is 3.47. The number of benzene rings is 1. The van der Waals surface area contributed by atoms with Crippen molar-refractivity contribution in [3.63, 3.8) is 0 Å². The first-order valence-corrected chi connectivity index (χ1v) is 7.76. The molecule has 1 N–H and O–H groups in total. The molecule has 4 heteroatoms. The fourth-order valence-electron chi connectivity index (χ4n) is 2.36. The van der Waals surface area contributed by atoms with Crippen molar-refractivity contribution in [1.82, 2.24) is 9.78 Å². The molecule has 0 aliphatic rings. The van der Waals surface area contributed by atoms with Crippen LogP contribution in [0.4, 0.5) is 0 Å². The quantitative estimate of drug-likeness (QED) is 0.908. The van der Waals surface area contributed by atoms with Gasteiger partial charge >= 0.3 is 0 Å². The maximum atomic E-state index is 10.3. The minimum atomic E-state index is -0.393. The van der Waals surface area contributed by atoms with Gasteiger partial charge in [-0.15, -0.1) is 0 Å². The standard InChI is InChI=1S/C16H21BrN2O/c1-4-19-15(16(17)12(3)18-19)10-14(20)9-13-7-5-11(2)6-8-13/h5-8,14,20H,4,9-10H2,1-3H3. The van der Waals surface area contributed by atoms with Crippen molar-refractivity contribution in [1.29, 1.82) is 0 Å². The van der Waals surface area contributed by atoms with Crippen molar-refractivity contribution >= 4 is 15.9 Å². The van der Waals surface area contributed by atoms with Crippen molar-refractivity contribution in [3.8, 4) is 0 Å². The molecule has 1 aromatic heterocycles. The predicted molar refractivity (Wildman–Crippen MR) is 84.9 cm³/mol. The number of aliphatic hydroxyl groups excluding tert-OH is 1. The van der Waals surface area contributed by atoms with E-state index < -0.39 is 6.10 Å². The van der Waals surface area contributed by atoms with E-state index in [2.05, 4.69) is 59.1 Å². The summed E-state index contributed by atoms with van der Waals surface area (Å²) < 4.78 is 2.97. The fourth-order valence-corrected chi connectivity index (χ4v) is 2.80. The summed E-state index contributed by atoms with van der Waals surface area (Å²) in [5, 5.41) is 14.8. The van der Waals surface area contributed by atoms with Crippen LogP contribution in [0.2, 0.25) is 0 Å². The number of halogens is 1. The van der Waals surface area contributed by atoms with Crippen LogP contribution < -0.4 is 0 Å². The summed E-state index contributed by atoms with van der Waals surface area (Å²) in [4.78, 5) is 0. The fraction of sp³-hybridized carbons (Fsp3) is 0.438. The van der Waals surface area contributed by atoms with E-state index in [1.54, 1.807) is 0 Å². The van der Waals surface area contributed by atoms with E-state index in [-0.39, 0.29) is 0 Å². The molecular formula is C16H21BrN2O. The first kappa shape index (κ1) is 15.3. The van der Waals surface area contributed by atoms with Gasteiger partial charge in [0, 0.05) is 13.0 Å². The van der Waals surface area contributed by atoms with E-state index in [1.165, 1.54) is 11.1 Å². The highest BCUT2D eigenvalue weighted by Gasteiger charge is 2.16. The summed E-state index contributed by atoms with van der Waals surface area (Å²) in [5.74, 6) is 0. The Labute approximate surface area is 128 Å². The number of aromatic nitrogens is 2. The number of rotatable bonds is 5. The maximum Gasteiger partial charge on any atom is 0.0738 e. The molecule has 1 heterocycles. The molecule has 1 atom stereocenters. The second kappa shape index (κ2) is 6.55. The number of hydrogen-bond acceptors (Lipinski definition) is 2. The zero-order valence-electron chi connectivity index (χ0n) is 12.2. The van der Waals surface area contributed by atoms with Crippen LogP contribution in [0.5, 0.6) is 0 Å². The molecule has 0 saturated carbocycles. The lowest BCUT2D eigenvalue weighted by Gasteiger charge is -2.12. The molecule has 0 aliphatic heterocycles. The average molecular weight is 337 g/mol. The summed E-state index contributed by atoms with van der Waals surface area (Å²) >= 11 is 3.57. The van der Waals surface area contributed by atoms with E-state index in [1.807, 2.05) is 11.6 Å². The zero-order valence-corrected chi connectivity index (χ0v) is 13.8. The molecule has 1 unspecified atom stereocenters. The van der Waals surface area contributed by atoms with Crippen LogP contribution in [0.15, 0.2) is 28.7 Å². The van der Waals surface area contributed by atoms with Gasteiger partial charge in [-0.3, -0.25) is 4.68 Å². The average Bonchev–Trinajstić information content (AvgIpc) is 2.69. The van der Waals surface area contributed by atoms with Crippen LogP contribution in [-0.2, 0) is 19.4 Å². The van der Waals surface area contributed by atoms with E-state index in [0.29, 0.717) is 12.8 Å². The summed E-state index contributed by atoms with van der Waals surface area (Å²) in [6, 6.07) is 8.32. The van der Waals surface area contributed by atoms with Crippen molar-refractivity contribution in [2.75, 3.05) is 0 Å². The normalized spacial score (nSPS) is 12.7. The first-order valence-electron chi connectivity index (χ1n) is 6.96. The molecule has 0 bridgehead atoms. The van der Waals surface area contributed by atoms with Gasteiger partial charge in [-0.1, -0.05) is 29.8 Å². The van der Waals surface area contributed by atoms with Gasteiger partial charge in [0.1, 0.15) is 0 Å². The van der Waals surface area contributed by atoms with Crippen molar-refractivity contribution in [2.45, 2.75) is 46.3 Å². The summed E-state index contributed by atoms with van der Waals surface area (Å²) in [5.41, 5.74) is 4.46. The molecule has 0 saturated heterocycles. The first-order chi connectivity index (χ1) is 9.51. The van der Waals surface area contributed by atoms with Gasteiger partial charge in [0.2, 0.25) is 0 Å². The van der Waals surface area contributed by atoms with Gasteiger partial charge in [0.05, 0.1) is 22.0 Å². The van der Waals surface area contributed by atoms with E-state index in [9.17, 15) is 5.11 Å². The van der Waals surface area contributed by atoms with Crippen LogP contribution in [0, 0.1) is 13.8 Å². The van der Waals surface area contributed by atoms with Crippen molar-refractivity contribution < 1.29 is 5.11 Å². The minimum absolute atomic E-state index is 0.393. The Morgan fingerprint density at radius 2 is 1.85 bits per heavy atom. The van der Waals surface area contributed by atoms with Crippen LogP contribution in [0.1, 0.15) is 29.4 Å². The lowest BCUT2D eigenvalue weighted by molar-refractivity contribution is 0.172. The molecule has 2 rings (SSSR count). The van der Waals surface area contributed by atoms with Crippen LogP contribution in [-0.4, -0.2) is 21.0 Å². The number of aryl methyl sites for hydroxylation is 3. The largest absolute Gasteiger partial charge is 0.392 e. The highest BCUT2D eigenvalue weighted by molar-refractivity contribution is 9.10. The number of nitrogens with zero attached hydrogens (tertiary/aromatic N) is 2. The Bertz CT molecular complexity index is 575. The second-order valence-electron chi connectivity index (χ2n) is 5.21. The molecular weight excluding hydrogens is 316 g/mol. The van der Waals surface area contributed by atoms with Gasteiger partial charge in [0.25, 0.3) is 0 Å². The molecule has 2 aromatic rings.